The highest BCUT2D eigenvalue weighted by molar-refractivity contribution is 5.44. The van der Waals surface area contributed by atoms with Gasteiger partial charge in [-0.05, 0) is 74.5 Å². The summed E-state index contributed by atoms with van der Waals surface area (Å²) in [5, 5.41) is 0. The van der Waals surface area contributed by atoms with Crippen LogP contribution < -0.4 is 0 Å². The van der Waals surface area contributed by atoms with Crippen molar-refractivity contribution in [1.82, 2.24) is 0 Å². The highest BCUT2D eigenvalue weighted by Gasteiger charge is 2.40. The van der Waals surface area contributed by atoms with Gasteiger partial charge < -0.3 is 0 Å². The Morgan fingerprint density at radius 3 is 2.72 bits per heavy atom. The quantitative estimate of drug-likeness (QED) is 0.610. The predicted octanol–water partition coefficient (Wildman–Crippen LogP) is 4.94. The summed E-state index contributed by atoms with van der Waals surface area (Å²) in [7, 11) is 0. The van der Waals surface area contributed by atoms with Crippen LogP contribution in [0.25, 0.3) is 0 Å². The van der Waals surface area contributed by atoms with Crippen molar-refractivity contribution in [2.75, 3.05) is 0 Å². The van der Waals surface area contributed by atoms with Crippen LogP contribution in [-0.2, 0) is 6.42 Å². The summed E-state index contributed by atoms with van der Waals surface area (Å²) >= 11 is 0. The molecule has 18 heavy (non-hydrogen) atoms. The van der Waals surface area contributed by atoms with Crippen LogP contribution in [0, 0.1) is 25.7 Å². The zero-order chi connectivity index (χ0) is 12.9. The van der Waals surface area contributed by atoms with E-state index in [4.69, 9.17) is 0 Å². The second kappa shape index (κ2) is 4.26. The molecule has 3 atom stereocenters. The lowest BCUT2D eigenvalue weighted by atomic mass is 9.67. The summed E-state index contributed by atoms with van der Waals surface area (Å²) in [6.45, 7) is 11.0. The number of aryl methyl sites for hydroxylation is 2. The summed E-state index contributed by atoms with van der Waals surface area (Å²) in [6, 6.07) is 4.81. The molecule has 0 aromatic heterocycles. The normalized spacial score (nSPS) is 29.8. The molecule has 2 aliphatic rings. The summed E-state index contributed by atoms with van der Waals surface area (Å²) in [4.78, 5) is 0. The van der Waals surface area contributed by atoms with E-state index in [1.165, 1.54) is 42.4 Å². The zero-order valence-electron chi connectivity index (χ0n) is 11.9. The maximum absolute atomic E-state index is 4.26. The van der Waals surface area contributed by atoms with Crippen molar-refractivity contribution in [3.05, 3.63) is 46.5 Å². The maximum Gasteiger partial charge on any atom is -0.0125 e. The molecule has 0 heterocycles. The molecule has 0 amide bonds. The summed E-state index contributed by atoms with van der Waals surface area (Å²) in [6.07, 6.45) is 5.45. The van der Waals surface area contributed by atoms with Crippen LogP contribution in [0.5, 0.6) is 0 Å². The Labute approximate surface area is 111 Å². The number of fused-ring (bicyclic) bond motifs is 3. The molecule has 0 aliphatic heterocycles. The van der Waals surface area contributed by atoms with Crippen molar-refractivity contribution in [2.45, 2.75) is 52.4 Å². The molecule has 0 spiro atoms. The first kappa shape index (κ1) is 12.0. The van der Waals surface area contributed by atoms with Crippen molar-refractivity contribution in [3.63, 3.8) is 0 Å². The number of hydrogen-bond acceptors (Lipinski definition) is 0. The smallest absolute Gasteiger partial charge is 0.0125 e. The van der Waals surface area contributed by atoms with Crippen molar-refractivity contribution in [2.24, 2.45) is 11.8 Å². The third-order valence-electron chi connectivity index (χ3n) is 5.19. The van der Waals surface area contributed by atoms with Crippen LogP contribution in [0.15, 0.2) is 24.3 Å². The molecular weight excluding hydrogens is 216 g/mol. The Morgan fingerprint density at radius 1 is 1.22 bits per heavy atom. The van der Waals surface area contributed by atoms with Gasteiger partial charge in [-0.2, -0.15) is 0 Å². The minimum atomic E-state index is 0.728. The largest absolute Gasteiger partial charge is 0.0998 e. The van der Waals surface area contributed by atoms with E-state index in [2.05, 4.69) is 39.5 Å². The van der Waals surface area contributed by atoms with E-state index in [9.17, 15) is 0 Å². The van der Waals surface area contributed by atoms with Gasteiger partial charge in [-0.15, -0.1) is 0 Å². The molecular formula is C18H24. The van der Waals surface area contributed by atoms with Gasteiger partial charge in [0.15, 0.2) is 0 Å². The lowest BCUT2D eigenvalue weighted by molar-refractivity contribution is 0.326. The van der Waals surface area contributed by atoms with Gasteiger partial charge >= 0.3 is 0 Å². The Balaban J connectivity index is 2.12. The van der Waals surface area contributed by atoms with Gasteiger partial charge in [-0.1, -0.05) is 36.3 Å². The second-order valence-corrected chi connectivity index (χ2v) is 6.51. The molecule has 0 bridgehead atoms. The van der Waals surface area contributed by atoms with Crippen LogP contribution in [0.3, 0.4) is 0 Å². The van der Waals surface area contributed by atoms with E-state index in [1.54, 1.807) is 11.1 Å². The maximum atomic E-state index is 4.26. The first-order valence-corrected chi connectivity index (χ1v) is 7.33. The second-order valence-electron chi connectivity index (χ2n) is 6.51. The van der Waals surface area contributed by atoms with Gasteiger partial charge in [-0.25, -0.2) is 0 Å². The number of benzene rings is 1. The van der Waals surface area contributed by atoms with E-state index < -0.39 is 0 Å². The average molecular weight is 240 g/mol. The zero-order valence-corrected chi connectivity index (χ0v) is 11.9. The Bertz CT molecular complexity index is 495. The molecule has 0 saturated heterocycles. The van der Waals surface area contributed by atoms with Gasteiger partial charge in [0, 0.05) is 0 Å². The highest BCUT2D eigenvalue weighted by Crippen LogP contribution is 2.51. The van der Waals surface area contributed by atoms with Crippen molar-refractivity contribution < 1.29 is 0 Å². The van der Waals surface area contributed by atoms with E-state index in [1.807, 2.05) is 0 Å². The van der Waals surface area contributed by atoms with Gasteiger partial charge in [0.25, 0.3) is 0 Å². The standard InChI is InChI=1S/C18H24/c1-11(2)16-10-17-13(4)8-12(3)9-18(17)15-7-5-6-14(15)16/h8-9,14-16H,1,5-7,10H2,2-4H3. The lowest BCUT2D eigenvalue weighted by Gasteiger charge is -2.37. The summed E-state index contributed by atoms with van der Waals surface area (Å²) in [5.74, 6) is 2.41. The number of allylic oxidation sites excluding steroid dienone is 1. The van der Waals surface area contributed by atoms with Crippen LogP contribution in [0.2, 0.25) is 0 Å². The van der Waals surface area contributed by atoms with E-state index in [-0.39, 0.29) is 0 Å². The van der Waals surface area contributed by atoms with E-state index in [0.717, 1.165) is 17.8 Å². The van der Waals surface area contributed by atoms with Crippen LogP contribution in [0.4, 0.5) is 0 Å². The topological polar surface area (TPSA) is 0 Å². The van der Waals surface area contributed by atoms with Crippen LogP contribution in [-0.4, -0.2) is 0 Å². The van der Waals surface area contributed by atoms with Crippen molar-refractivity contribution >= 4 is 0 Å². The number of hydrogen-bond donors (Lipinski definition) is 0. The average Bonchev–Trinajstić information content (AvgIpc) is 2.76. The van der Waals surface area contributed by atoms with Crippen LogP contribution in [0.1, 0.15) is 54.4 Å². The van der Waals surface area contributed by atoms with Crippen molar-refractivity contribution in [1.29, 1.82) is 0 Å². The molecule has 0 N–H and O–H groups in total. The molecule has 1 aromatic rings. The molecule has 1 aromatic carbocycles. The lowest BCUT2D eigenvalue weighted by Crippen LogP contribution is -2.27. The molecule has 0 heteroatoms. The minimum Gasteiger partial charge on any atom is -0.0998 e. The first-order chi connectivity index (χ1) is 8.58. The molecule has 1 fully saturated rings. The third kappa shape index (κ3) is 1.74. The molecule has 2 aliphatic carbocycles. The van der Waals surface area contributed by atoms with Gasteiger partial charge in [0.05, 0.1) is 0 Å². The molecule has 1 saturated carbocycles. The predicted molar refractivity (Wildman–Crippen MR) is 78.0 cm³/mol. The van der Waals surface area contributed by atoms with Crippen LogP contribution >= 0.6 is 0 Å². The van der Waals surface area contributed by atoms with Gasteiger partial charge in [0.2, 0.25) is 0 Å². The van der Waals surface area contributed by atoms with E-state index in [0.29, 0.717) is 0 Å². The summed E-state index contributed by atoms with van der Waals surface area (Å²) < 4.78 is 0. The number of rotatable bonds is 1. The SMILES string of the molecule is C=C(C)C1Cc2c(C)cc(C)cc2C2CCCC12. The molecule has 0 radical (unpaired) electrons. The van der Waals surface area contributed by atoms with Gasteiger partial charge in [-0.3, -0.25) is 0 Å². The summed E-state index contributed by atoms with van der Waals surface area (Å²) in [5.41, 5.74) is 7.65. The fourth-order valence-corrected chi connectivity index (χ4v) is 4.41. The van der Waals surface area contributed by atoms with Gasteiger partial charge in [0.1, 0.15) is 0 Å². The van der Waals surface area contributed by atoms with E-state index >= 15 is 0 Å². The Kier molecular flexibility index (Phi) is 2.84. The Hall–Kier alpha value is -1.04. The third-order valence-corrected chi connectivity index (χ3v) is 5.19. The fourth-order valence-electron chi connectivity index (χ4n) is 4.41. The molecule has 3 rings (SSSR count). The van der Waals surface area contributed by atoms with Crippen molar-refractivity contribution in [3.8, 4) is 0 Å². The fraction of sp³-hybridized carbons (Fsp3) is 0.556. The Morgan fingerprint density at radius 2 is 2.00 bits per heavy atom. The molecule has 96 valence electrons. The minimum absolute atomic E-state index is 0.728. The highest BCUT2D eigenvalue weighted by atomic mass is 14.4. The first-order valence-electron chi connectivity index (χ1n) is 7.33. The molecule has 3 unspecified atom stereocenters. The monoisotopic (exact) mass is 240 g/mol. The molecule has 0 nitrogen and oxygen atoms in total.